The predicted molar refractivity (Wildman–Crippen MR) is 56.4 cm³/mol. The fourth-order valence-corrected chi connectivity index (χ4v) is 0.695. The molecule has 0 aliphatic carbocycles. The van der Waals surface area contributed by atoms with Crippen molar-refractivity contribution in [2.45, 2.75) is 6.92 Å². The minimum Gasteiger partial charge on any atom is -0.355 e. The average molecular weight is 194 g/mol. The summed E-state index contributed by atoms with van der Waals surface area (Å²) in [5.74, 6) is -0.246. The molecule has 14 heavy (non-hydrogen) atoms. The molecule has 0 rings (SSSR count). The lowest BCUT2D eigenvalue weighted by atomic mass is 10.2. The number of carbonyl (C=O) groups is 2. The van der Waals surface area contributed by atoms with Crippen LogP contribution in [0.4, 0.5) is 0 Å². The second kappa shape index (κ2) is 6.77. The van der Waals surface area contributed by atoms with E-state index in [-0.39, 0.29) is 18.2 Å². The molecule has 0 aliphatic heterocycles. The fraction of sp³-hybridized carbons (Fsp3) is 0.300. The topological polar surface area (TPSA) is 58.5 Å². The maximum absolute atomic E-state index is 11.1. The van der Waals surface area contributed by atoms with Gasteiger partial charge in [0.05, 0.1) is 6.54 Å². The molecule has 4 heteroatoms. The summed E-state index contributed by atoms with van der Waals surface area (Å²) in [7, 11) is 1.53. The molecule has 0 saturated heterocycles. The maximum Gasteiger partial charge on any atom is 0.251 e. The molecule has 4 nitrogen and oxygen atoms in total. The van der Waals surface area contributed by atoms with E-state index in [0.29, 0.717) is 5.57 Å². The Labute approximate surface area is 83.4 Å². The van der Waals surface area contributed by atoms with Gasteiger partial charge in [-0.25, -0.2) is 0 Å². The first-order valence-electron chi connectivity index (χ1n) is 4.16. The molecular weight excluding hydrogens is 180 g/mol. The number of aliphatic imine (C=N–C) groups is 1. The summed E-state index contributed by atoms with van der Waals surface area (Å²) in [6, 6.07) is 0. The van der Waals surface area contributed by atoms with Crippen molar-refractivity contribution in [1.29, 1.82) is 0 Å². The van der Waals surface area contributed by atoms with Gasteiger partial charge in [0, 0.05) is 18.8 Å². The highest BCUT2D eigenvalue weighted by molar-refractivity contribution is 5.99. The Morgan fingerprint density at radius 3 is 2.57 bits per heavy atom. The predicted octanol–water partition coefficient (Wildman–Crippen LogP) is 0.505. The fourth-order valence-electron chi connectivity index (χ4n) is 0.695. The van der Waals surface area contributed by atoms with E-state index in [1.165, 1.54) is 32.3 Å². The Balaban J connectivity index is 4.32. The van der Waals surface area contributed by atoms with Crippen LogP contribution < -0.4 is 5.32 Å². The Kier molecular flexibility index (Phi) is 5.94. The Morgan fingerprint density at radius 1 is 1.50 bits per heavy atom. The van der Waals surface area contributed by atoms with E-state index in [0.717, 1.165) is 0 Å². The zero-order chi connectivity index (χ0) is 11.0. The zero-order valence-electron chi connectivity index (χ0n) is 8.41. The van der Waals surface area contributed by atoms with E-state index < -0.39 is 0 Å². The molecule has 0 aromatic heterocycles. The molecule has 0 atom stereocenters. The lowest BCUT2D eigenvalue weighted by molar-refractivity contribution is -0.117. The number of rotatable bonds is 5. The van der Waals surface area contributed by atoms with E-state index in [9.17, 15) is 9.59 Å². The third-order valence-corrected chi connectivity index (χ3v) is 1.38. The van der Waals surface area contributed by atoms with Crippen molar-refractivity contribution in [3.63, 3.8) is 0 Å². The van der Waals surface area contributed by atoms with E-state index in [1.54, 1.807) is 0 Å². The molecule has 1 N–H and O–H groups in total. The number of allylic oxidation sites excluding steroid dienone is 1. The largest absolute Gasteiger partial charge is 0.355 e. The van der Waals surface area contributed by atoms with Crippen LogP contribution in [0.1, 0.15) is 6.92 Å². The molecule has 0 aromatic rings. The highest BCUT2D eigenvalue weighted by atomic mass is 16.1. The Hall–Kier alpha value is -1.71. The maximum atomic E-state index is 11.1. The van der Waals surface area contributed by atoms with Crippen LogP contribution in [0.25, 0.3) is 0 Å². The second-order valence-corrected chi connectivity index (χ2v) is 2.60. The van der Waals surface area contributed by atoms with Crippen LogP contribution in [0.5, 0.6) is 0 Å². The molecule has 76 valence electrons. The van der Waals surface area contributed by atoms with Gasteiger partial charge < -0.3 is 5.32 Å². The lowest BCUT2D eigenvalue weighted by Gasteiger charge is -1.96. The quantitative estimate of drug-likeness (QED) is 0.393. The first-order chi connectivity index (χ1) is 6.61. The van der Waals surface area contributed by atoms with Gasteiger partial charge in [-0.2, -0.15) is 0 Å². The minimum absolute atomic E-state index is 0.0188. The number of likely N-dealkylation sites (N-methyl/N-ethyl adjacent to an activating group) is 1. The number of amides is 1. The first kappa shape index (κ1) is 12.3. The summed E-state index contributed by atoms with van der Waals surface area (Å²) in [6.45, 7) is 5.07. The van der Waals surface area contributed by atoms with E-state index >= 15 is 0 Å². The standard InChI is InChI=1S/C10H14N2O2/c1-4-9(10(14)11-3)5-6-12-7-8(2)13/h4-6H,1,7H2,2-3H3,(H,11,14)/b9-5+,12-6?. The smallest absolute Gasteiger partial charge is 0.251 e. The SMILES string of the molecule is C=C/C(=C\C=NCC(C)=O)C(=O)NC. The van der Waals surface area contributed by atoms with Crippen LogP contribution in [0.3, 0.4) is 0 Å². The van der Waals surface area contributed by atoms with E-state index in [1.807, 2.05) is 0 Å². The summed E-state index contributed by atoms with van der Waals surface area (Å²) in [4.78, 5) is 25.4. The van der Waals surface area contributed by atoms with Crippen molar-refractivity contribution in [2.24, 2.45) is 4.99 Å². The lowest BCUT2D eigenvalue weighted by Crippen LogP contribution is -2.19. The number of carbonyl (C=O) groups excluding carboxylic acids is 2. The van der Waals surface area contributed by atoms with Gasteiger partial charge in [0.15, 0.2) is 5.78 Å². The zero-order valence-corrected chi connectivity index (χ0v) is 8.41. The Morgan fingerprint density at radius 2 is 2.14 bits per heavy atom. The second-order valence-electron chi connectivity index (χ2n) is 2.60. The molecule has 0 bridgehead atoms. The van der Waals surface area contributed by atoms with Crippen molar-refractivity contribution < 1.29 is 9.59 Å². The third kappa shape index (κ3) is 5.03. The van der Waals surface area contributed by atoms with Gasteiger partial charge in [-0.1, -0.05) is 12.7 Å². The van der Waals surface area contributed by atoms with Crippen LogP contribution in [0.2, 0.25) is 0 Å². The van der Waals surface area contributed by atoms with Crippen LogP contribution in [-0.4, -0.2) is 31.5 Å². The van der Waals surface area contributed by atoms with Crippen LogP contribution in [0.15, 0.2) is 29.3 Å². The average Bonchev–Trinajstić information content (AvgIpc) is 2.16. The Bertz CT molecular complexity index is 290. The number of hydrogen-bond donors (Lipinski definition) is 1. The summed E-state index contributed by atoms with van der Waals surface area (Å²) in [6.07, 6.45) is 4.36. The molecule has 0 unspecified atom stereocenters. The molecular formula is C10H14N2O2. The number of Topliss-reactive ketones (excluding diaryl/α,β-unsaturated/α-hetero) is 1. The molecule has 0 radical (unpaired) electrons. The van der Waals surface area contributed by atoms with Gasteiger partial charge in [0.25, 0.3) is 5.91 Å². The third-order valence-electron chi connectivity index (χ3n) is 1.38. The summed E-state index contributed by atoms with van der Waals surface area (Å²) in [5, 5.41) is 2.46. The highest BCUT2D eigenvalue weighted by Gasteiger charge is 1.99. The van der Waals surface area contributed by atoms with Gasteiger partial charge >= 0.3 is 0 Å². The van der Waals surface area contributed by atoms with Gasteiger partial charge in [0.1, 0.15) is 0 Å². The van der Waals surface area contributed by atoms with Gasteiger partial charge in [-0.3, -0.25) is 14.6 Å². The van der Waals surface area contributed by atoms with Crippen molar-refractivity contribution >= 4 is 17.9 Å². The van der Waals surface area contributed by atoms with E-state index in [2.05, 4.69) is 16.9 Å². The van der Waals surface area contributed by atoms with Crippen molar-refractivity contribution in [3.8, 4) is 0 Å². The van der Waals surface area contributed by atoms with Crippen LogP contribution >= 0.6 is 0 Å². The van der Waals surface area contributed by atoms with Crippen LogP contribution in [0, 0.1) is 0 Å². The molecule has 1 amide bonds. The summed E-state index contributed by atoms with van der Waals surface area (Å²) >= 11 is 0. The molecule has 0 aromatic carbocycles. The number of nitrogens with one attached hydrogen (secondary N) is 1. The summed E-state index contributed by atoms with van der Waals surface area (Å²) in [5.41, 5.74) is 0.416. The molecule has 0 fully saturated rings. The number of ketones is 1. The van der Waals surface area contributed by atoms with Crippen molar-refractivity contribution in [3.05, 3.63) is 24.3 Å². The number of hydrogen-bond acceptors (Lipinski definition) is 3. The van der Waals surface area contributed by atoms with Crippen molar-refractivity contribution in [2.75, 3.05) is 13.6 Å². The van der Waals surface area contributed by atoms with Gasteiger partial charge in [-0.05, 0) is 13.0 Å². The van der Waals surface area contributed by atoms with Gasteiger partial charge in [-0.15, -0.1) is 0 Å². The van der Waals surface area contributed by atoms with E-state index in [4.69, 9.17) is 0 Å². The first-order valence-corrected chi connectivity index (χ1v) is 4.16. The summed E-state index contributed by atoms with van der Waals surface area (Å²) < 4.78 is 0. The number of nitrogens with zero attached hydrogens (tertiary/aromatic N) is 1. The normalized spacial score (nSPS) is 11.4. The monoisotopic (exact) mass is 194 g/mol. The molecule has 0 aliphatic rings. The molecule has 0 saturated carbocycles. The molecule has 0 heterocycles. The van der Waals surface area contributed by atoms with Crippen LogP contribution in [-0.2, 0) is 9.59 Å². The minimum atomic E-state index is -0.228. The molecule has 0 spiro atoms. The van der Waals surface area contributed by atoms with Crippen molar-refractivity contribution in [1.82, 2.24) is 5.32 Å². The van der Waals surface area contributed by atoms with Gasteiger partial charge in [0.2, 0.25) is 0 Å². The highest BCUT2D eigenvalue weighted by Crippen LogP contribution is 1.93.